The van der Waals surface area contributed by atoms with E-state index in [2.05, 4.69) is 6.92 Å². The van der Waals surface area contributed by atoms with Crippen molar-refractivity contribution < 1.29 is 4.79 Å². The monoisotopic (exact) mass is 112 g/mol. The highest BCUT2D eigenvalue weighted by Gasteiger charge is 2.19. The van der Waals surface area contributed by atoms with Crippen LogP contribution in [0.1, 0.15) is 26.2 Å². The molecule has 1 rings (SSSR count). The molecule has 0 aromatic heterocycles. The van der Waals surface area contributed by atoms with E-state index in [0.717, 1.165) is 25.0 Å². The maximum absolute atomic E-state index is 10.2. The Bertz CT molecular complexity index is 88.4. The van der Waals surface area contributed by atoms with Crippen molar-refractivity contribution in [1.29, 1.82) is 0 Å². The number of rotatable bonds is 1. The summed E-state index contributed by atoms with van der Waals surface area (Å²) in [5, 5.41) is 0. The summed E-state index contributed by atoms with van der Waals surface area (Å²) in [5.74, 6) is 1.19. The van der Waals surface area contributed by atoms with Crippen LogP contribution in [0.5, 0.6) is 0 Å². The smallest absolute Gasteiger partial charge is 0.123 e. The third-order valence-electron chi connectivity index (χ3n) is 1.93. The Hall–Kier alpha value is -0.330. The Balaban J connectivity index is 2.32. The summed E-state index contributed by atoms with van der Waals surface area (Å²) in [7, 11) is 0. The molecule has 0 heterocycles. The number of carbonyl (C=O) groups excluding carboxylic acids is 1. The van der Waals surface area contributed by atoms with Crippen LogP contribution in [0.3, 0.4) is 0 Å². The zero-order chi connectivity index (χ0) is 5.98. The molecule has 0 bridgehead atoms. The van der Waals surface area contributed by atoms with Crippen LogP contribution >= 0.6 is 0 Å². The first-order valence-corrected chi connectivity index (χ1v) is 3.28. The summed E-state index contributed by atoms with van der Waals surface area (Å²) >= 11 is 0. The molecule has 1 unspecified atom stereocenters. The lowest BCUT2D eigenvalue weighted by atomic mass is 10.1. The van der Waals surface area contributed by atoms with Crippen molar-refractivity contribution in [1.82, 2.24) is 0 Å². The van der Waals surface area contributed by atoms with Gasteiger partial charge in [0.1, 0.15) is 6.29 Å². The fourth-order valence-electron chi connectivity index (χ4n) is 1.37. The molecule has 0 radical (unpaired) electrons. The molecule has 0 saturated heterocycles. The molecular weight excluding hydrogens is 100 g/mol. The minimum Gasteiger partial charge on any atom is -0.303 e. The van der Waals surface area contributed by atoms with Gasteiger partial charge in [-0.3, -0.25) is 0 Å². The van der Waals surface area contributed by atoms with Crippen molar-refractivity contribution in [3.63, 3.8) is 0 Å². The van der Waals surface area contributed by atoms with Crippen LogP contribution in [0.15, 0.2) is 0 Å². The highest BCUT2D eigenvalue weighted by molar-refractivity contribution is 5.53. The van der Waals surface area contributed by atoms with Crippen LogP contribution in [0.2, 0.25) is 0 Å². The molecule has 0 spiro atoms. The van der Waals surface area contributed by atoms with Gasteiger partial charge in [-0.2, -0.15) is 0 Å². The Morgan fingerprint density at radius 1 is 1.50 bits per heavy atom. The molecule has 46 valence electrons. The largest absolute Gasteiger partial charge is 0.303 e. The maximum atomic E-state index is 10.2. The number of aldehydes is 1. The average Bonchev–Trinajstić information content (AvgIpc) is 2.14. The Morgan fingerprint density at radius 3 is 2.50 bits per heavy atom. The van der Waals surface area contributed by atoms with E-state index in [9.17, 15) is 4.79 Å². The summed E-state index contributed by atoms with van der Waals surface area (Å²) in [6.45, 7) is 2.21. The molecule has 1 aliphatic rings. The predicted molar refractivity (Wildman–Crippen MR) is 32.6 cm³/mol. The van der Waals surface area contributed by atoms with Gasteiger partial charge in [0.15, 0.2) is 0 Å². The second kappa shape index (κ2) is 2.29. The predicted octanol–water partition coefficient (Wildman–Crippen LogP) is 1.62. The lowest BCUT2D eigenvalue weighted by Gasteiger charge is -1.95. The minimum atomic E-state index is 0.394. The average molecular weight is 112 g/mol. The highest BCUT2D eigenvalue weighted by atomic mass is 16.1. The van der Waals surface area contributed by atoms with Crippen molar-refractivity contribution in [2.45, 2.75) is 26.2 Å². The van der Waals surface area contributed by atoms with Crippen molar-refractivity contribution in [3.05, 3.63) is 0 Å². The molecule has 2 atom stereocenters. The van der Waals surface area contributed by atoms with Crippen molar-refractivity contribution in [2.24, 2.45) is 11.8 Å². The molecule has 0 N–H and O–H groups in total. The second-order valence-electron chi connectivity index (χ2n) is 2.81. The molecule has 1 fully saturated rings. The van der Waals surface area contributed by atoms with Gasteiger partial charge in [-0.05, 0) is 18.8 Å². The van der Waals surface area contributed by atoms with Crippen molar-refractivity contribution >= 4 is 6.29 Å². The van der Waals surface area contributed by atoms with Crippen LogP contribution in [-0.2, 0) is 4.79 Å². The van der Waals surface area contributed by atoms with Crippen LogP contribution in [0.25, 0.3) is 0 Å². The highest BCUT2D eigenvalue weighted by Crippen LogP contribution is 2.28. The normalized spacial score (nSPS) is 37.6. The molecule has 0 aromatic carbocycles. The lowest BCUT2D eigenvalue weighted by molar-refractivity contribution is -0.110. The summed E-state index contributed by atoms with van der Waals surface area (Å²) in [6.07, 6.45) is 4.61. The molecule has 0 aromatic rings. The summed E-state index contributed by atoms with van der Waals surface area (Å²) < 4.78 is 0. The molecule has 1 heteroatoms. The van der Waals surface area contributed by atoms with Gasteiger partial charge in [0.25, 0.3) is 0 Å². The Labute approximate surface area is 50.1 Å². The van der Waals surface area contributed by atoms with Gasteiger partial charge in [0, 0.05) is 5.92 Å². The Kier molecular flexibility index (Phi) is 1.66. The van der Waals surface area contributed by atoms with E-state index in [1.807, 2.05) is 0 Å². The van der Waals surface area contributed by atoms with E-state index in [1.54, 1.807) is 0 Å². The van der Waals surface area contributed by atoms with Gasteiger partial charge in [-0.1, -0.05) is 13.3 Å². The van der Waals surface area contributed by atoms with E-state index in [0.29, 0.717) is 5.92 Å². The summed E-state index contributed by atoms with van der Waals surface area (Å²) in [6, 6.07) is 0. The van der Waals surface area contributed by atoms with E-state index in [-0.39, 0.29) is 0 Å². The van der Waals surface area contributed by atoms with Crippen molar-refractivity contribution in [2.75, 3.05) is 0 Å². The van der Waals surface area contributed by atoms with E-state index >= 15 is 0 Å². The van der Waals surface area contributed by atoms with Gasteiger partial charge in [-0.15, -0.1) is 0 Å². The second-order valence-corrected chi connectivity index (χ2v) is 2.81. The number of carbonyl (C=O) groups is 1. The zero-order valence-electron chi connectivity index (χ0n) is 5.26. The molecule has 0 aliphatic heterocycles. The van der Waals surface area contributed by atoms with Gasteiger partial charge in [-0.25, -0.2) is 0 Å². The topological polar surface area (TPSA) is 17.1 Å². The molecule has 0 amide bonds. The first kappa shape index (κ1) is 5.80. The van der Waals surface area contributed by atoms with E-state index in [4.69, 9.17) is 0 Å². The first-order chi connectivity index (χ1) is 3.83. The third kappa shape index (κ3) is 1.09. The molecule has 1 nitrogen and oxygen atoms in total. The molecule has 1 saturated carbocycles. The van der Waals surface area contributed by atoms with Gasteiger partial charge < -0.3 is 4.79 Å². The van der Waals surface area contributed by atoms with E-state index < -0.39 is 0 Å². The SMILES string of the molecule is C[C@@H]1CCC(C=O)C1. The standard InChI is InChI=1S/C7H12O/c1-6-2-3-7(4-6)5-8/h5-7H,2-4H2,1H3/t6-,7?/m1/s1. The van der Waals surface area contributed by atoms with Crippen LogP contribution < -0.4 is 0 Å². The zero-order valence-corrected chi connectivity index (χ0v) is 5.26. The maximum Gasteiger partial charge on any atom is 0.123 e. The van der Waals surface area contributed by atoms with Gasteiger partial charge >= 0.3 is 0 Å². The van der Waals surface area contributed by atoms with Crippen LogP contribution in [0.4, 0.5) is 0 Å². The van der Waals surface area contributed by atoms with E-state index in [1.165, 1.54) is 6.42 Å². The molecule has 8 heavy (non-hydrogen) atoms. The minimum absolute atomic E-state index is 0.394. The molecular formula is C7H12O. The first-order valence-electron chi connectivity index (χ1n) is 3.28. The lowest BCUT2D eigenvalue weighted by Crippen LogP contribution is -1.93. The summed E-state index contributed by atoms with van der Waals surface area (Å²) in [5.41, 5.74) is 0. The number of hydrogen-bond donors (Lipinski definition) is 0. The van der Waals surface area contributed by atoms with Crippen LogP contribution in [0, 0.1) is 11.8 Å². The van der Waals surface area contributed by atoms with Gasteiger partial charge in [0.2, 0.25) is 0 Å². The Morgan fingerprint density at radius 2 is 2.25 bits per heavy atom. The van der Waals surface area contributed by atoms with Crippen LogP contribution in [-0.4, -0.2) is 6.29 Å². The van der Waals surface area contributed by atoms with Crippen molar-refractivity contribution in [3.8, 4) is 0 Å². The summed E-state index contributed by atoms with van der Waals surface area (Å²) in [4.78, 5) is 10.2. The van der Waals surface area contributed by atoms with Gasteiger partial charge in [0.05, 0.1) is 0 Å². The fraction of sp³-hybridized carbons (Fsp3) is 0.857. The quantitative estimate of drug-likeness (QED) is 0.471. The third-order valence-corrected chi connectivity index (χ3v) is 1.93. The fourth-order valence-corrected chi connectivity index (χ4v) is 1.37. The molecule has 1 aliphatic carbocycles. The number of hydrogen-bond acceptors (Lipinski definition) is 1.